The maximum atomic E-state index is 12.8. The molecule has 0 N–H and O–H groups in total. The van der Waals surface area contributed by atoms with Crippen molar-refractivity contribution in [1.82, 2.24) is 0 Å². The lowest BCUT2D eigenvalue weighted by Gasteiger charge is -2.38. The molecule has 3 heteroatoms. The highest BCUT2D eigenvalue weighted by Crippen LogP contribution is 2.50. The van der Waals surface area contributed by atoms with Crippen molar-refractivity contribution in [1.29, 1.82) is 0 Å². The molecule has 1 aliphatic heterocycles. The lowest BCUT2D eigenvalue weighted by Crippen LogP contribution is -2.38. The number of amides is 2. The van der Waals surface area contributed by atoms with Gasteiger partial charge in [0.25, 0.3) is 0 Å². The highest BCUT2D eigenvalue weighted by Gasteiger charge is 2.56. The maximum Gasteiger partial charge on any atom is 0.238 e. The van der Waals surface area contributed by atoms with Crippen LogP contribution in [0.1, 0.15) is 38.2 Å². The molecule has 0 spiro atoms. The summed E-state index contributed by atoms with van der Waals surface area (Å²) >= 11 is 0. The van der Waals surface area contributed by atoms with Crippen LogP contribution in [0.5, 0.6) is 0 Å². The molecule has 2 amide bonds. The van der Waals surface area contributed by atoms with Crippen molar-refractivity contribution in [2.45, 2.75) is 32.6 Å². The first-order valence-electron chi connectivity index (χ1n) is 8.24. The fraction of sp³-hybridized carbons (Fsp3) is 0.474. The number of nitrogens with zero attached hydrogens (tertiary/aromatic N) is 1. The molecule has 2 fully saturated rings. The number of carbonyl (C=O) groups is 2. The summed E-state index contributed by atoms with van der Waals surface area (Å²) in [7, 11) is 0. The van der Waals surface area contributed by atoms with E-state index < -0.39 is 0 Å². The summed E-state index contributed by atoms with van der Waals surface area (Å²) in [5, 5.41) is 0. The highest BCUT2D eigenvalue weighted by atomic mass is 16.2. The first-order valence-corrected chi connectivity index (χ1v) is 8.24. The Labute approximate surface area is 131 Å². The van der Waals surface area contributed by atoms with Gasteiger partial charge >= 0.3 is 0 Å². The fourth-order valence-electron chi connectivity index (χ4n) is 4.34. The fourth-order valence-corrected chi connectivity index (χ4v) is 4.34. The lowest BCUT2D eigenvalue weighted by molar-refractivity contribution is -0.124. The first kappa shape index (κ1) is 13.7. The quantitative estimate of drug-likeness (QED) is 0.618. The maximum absolute atomic E-state index is 12.8. The van der Waals surface area contributed by atoms with E-state index >= 15 is 0 Å². The van der Waals surface area contributed by atoms with Crippen molar-refractivity contribution in [3.63, 3.8) is 0 Å². The van der Waals surface area contributed by atoms with Gasteiger partial charge in [0, 0.05) is 0 Å². The van der Waals surface area contributed by atoms with E-state index in [0.717, 1.165) is 18.5 Å². The molecule has 114 valence electrons. The number of anilines is 1. The number of hydrogen-bond acceptors (Lipinski definition) is 2. The van der Waals surface area contributed by atoms with E-state index in [4.69, 9.17) is 0 Å². The van der Waals surface area contributed by atoms with Crippen LogP contribution in [-0.4, -0.2) is 11.8 Å². The topological polar surface area (TPSA) is 37.4 Å². The lowest BCUT2D eigenvalue weighted by atomic mass is 9.63. The van der Waals surface area contributed by atoms with Gasteiger partial charge in [-0.15, -0.1) is 0 Å². The summed E-state index contributed by atoms with van der Waals surface area (Å²) in [6, 6.07) is 7.88. The summed E-state index contributed by atoms with van der Waals surface area (Å²) in [6.45, 7) is 4.28. The Bertz CT molecular complexity index is 627. The molecule has 0 radical (unpaired) electrons. The second-order valence-corrected chi connectivity index (χ2v) is 7.10. The molecule has 1 saturated heterocycles. The van der Waals surface area contributed by atoms with Crippen molar-refractivity contribution >= 4 is 17.5 Å². The average molecular weight is 295 g/mol. The zero-order chi connectivity index (χ0) is 15.4. The van der Waals surface area contributed by atoms with Crippen LogP contribution < -0.4 is 4.90 Å². The van der Waals surface area contributed by atoms with Gasteiger partial charge in [-0.1, -0.05) is 38.1 Å². The van der Waals surface area contributed by atoms with E-state index in [1.807, 2.05) is 24.3 Å². The molecule has 1 aromatic carbocycles. The molecular formula is C19H21NO2. The van der Waals surface area contributed by atoms with E-state index in [0.29, 0.717) is 5.92 Å². The smallest absolute Gasteiger partial charge is 0.238 e. The van der Waals surface area contributed by atoms with Crippen LogP contribution in [0.15, 0.2) is 36.4 Å². The van der Waals surface area contributed by atoms with Gasteiger partial charge in [0.1, 0.15) is 0 Å². The molecule has 4 atom stereocenters. The molecular weight excluding hydrogens is 274 g/mol. The van der Waals surface area contributed by atoms with Gasteiger partial charge in [-0.05, 0) is 48.3 Å². The van der Waals surface area contributed by atoms with Crippen molar-refractivity contribution in [3.8, 4) is 0 Å². The van der Waals surface area contributed by atoms with Gasteiger partial charge in [0.2, 0.25) is 11.8 Å². The molecule has 5 rings (SSSR count). The minimum absolute atomic E-state index is 0.00588. The zero-order valence-corrected chi connectivity index (χ0v) is 13.0. The van der Waals surface area contributed by atoms with Crippen LogP contribution >= 0.6 is 0 Å². The SMILES string of the molecule is CC(C)c1ccc(N2C(=O)[C@@H]3[C@H](C2=O)[C@H]2C=C[C@@H]3CC2)cc1. The van der Waals surface area contributed by atoms with Gasteiger partial charge in [-0.2, -0.15) is 0 Å². The van der Waals surface area contributed by atoms with Crippen LogP contribution in [0, 0.1) is 23.7 Å². The van der Waals surface area contributed by atoms with Gasteiger partial charge < -0.3 is 0 Å². The minimum Gasteiger partial charge on any atom is -0.274 e. The molecule has 3 nitrogen and oxygen atoms in total. The number of hydrogen-bond donors (Lipinski definition) is 0. The Morgan fingerprint density at radius 1 is 0.909 bits per heavy atom. The summed E-state index contributed by atoms with van der Waals surface area (Å²) in [5.41, 5.74) is 1.95. The second kappa shape index (κ2) is 4.80. The molecule has 2 bridgehead atoms. The molecule has 0 unspecified atom stereocenters. The van der Waals surface area contributed by atoms with E-state index in [1.165, 1.54) is 10.5 Å². The minimum atomic E-state index is -0.124. The largest absolute Gasteiger partial charge is 0.274 e. The summed E-state index contributed by atoms with van der Waals surface area (Å²) in [6.07, 6.45) is 6.40. The van der Waals surface area contributed by atoms with Crippen molar-refractivity contribution in [3.05, 3.63) is 42.0 Å². The number of fused-ring (bicyclic) bond motifs is 1. The number of allylic oxidation sites excluding steroid dienone is 2. The molecule has 4 aliphatic rings. The number of carbonyl (C=O) groups excluding carboxylic acids is 2. The predicted molar refractivity (Wildman–Crippen MR) is 85.4 cm³/mol. The number of benzene rings is 1. The third kappa shape index (κ3) is 1.81. The summed E-state index contributed by atoms with van der Waals surface area (Å²) in [4.78, 5) is 27.1. The van der Waals surface area contributed by atoms with Crippen molar-refractivity contribution in [2.75, 3.05) is 4.90 Å². The Hall–Kier alpha value is -1.90. The van der Waals surface area contributed by atoms with Crippen LogP contribution in [0.3, 0.4) is 0 Å². The number of rotatable bonds is 2. The zero-order valence-electron chi connectivity index (χ0n) is 13.0. The molecule has 1 saturated carbocycles. The van der Waals surface area contributed by atoms with Gasteiger partial charge in [0.05, 0.1) is 17.5 Å². The Morgan fingerprint density at radius 2 is 1.41 bits per heavy atom. The van der Waals surface area contributed by atoms with Gasteiger partial charge in [-0.25, -0.2) is 0 Å². The Balaban J connectivity index is 1.69. The highest BCUT2D eigenvalue weighted by molar-refractivity contribution is 6.22. The molecule has 0 aromatic heterocycles. The second-order valence-electron chi connectivity index (χ2n) is 7.10. The van der Waals surface area contributed by atoms with E-state index in [2.05, 4.69) is 26.0 Å². The van der Waals surface area contributed by atoms with Crippen LogP contribution in [0.4, 0.5) is 5.69 Å². The molecule has 1 aromatic rings. The Morgan fingerprint density at radius 3 is 1.82 bits per heavy atom. The van der Waals surface area contributed by atoms with Crippen LogP contribution in [0.2, 0.25) is 0 Å². The molecule has 1 heterocycles. The van der Waals surface area contributed by atoms with Crippen LogP contribution in [0.25, 0.3) is 0 Å². The van der Waals surface area contributed by atoms with E-state index in [9.17, 15) is 9.59 Å². The standard InChI is InChI=1S/C19H21NO2/c1-11(2)12-7-9-15(10-8-12)20-18(21)16-13-3-4-14(6-5-13)17(16)19(20)22/h3-4,7-11,13-14,16-17H,5-6H2,1-2H3/t13-,14+,16+,17-. The number of imide groups is 1. The summed E-state index contributed by atoms with van der Waals surface area (Å²) in [5.74, 6) is 0.721. The van der Waals surface area contributed by atoms with Crippen molar-refractivity contribution < 1.29 is 9.59 Å². The van der Waals surface area contributed by atoms with E-state index in [1.54, 1.807) is 0 Å². The molecule has 3 aliphatic carbocycles. The van der Waals surface area contributed by atoms with Crippen molar-refractivity contribution in [2.24, 2.45) is 23.7 Å². The third-order valence-corrected chi connectivity index (χ3v) is 5.58. The summed E-state index contributed by atoms with van der Waals surface area (Å²) < 4.78 is 0. The normalized spacial score (nSPS) is 33.0. The predicted octanol–water partition coefficient (Wildman–Crippen LogP) is 3.51. The Kier molecular flexibility index (Phi) is 3.00. The van der Waals surface area contributed by atoms with E-state index in [-0.39, 0.29) is 35.5 Å². The van der Waals surface area contributed by atoms with Gasteiger partial charge in [-0.3, -0.25) is 14.5 Å². The average Bonchev–Trinajstić information content (AvgIpc) is 2.82. The monoisotopic (exact) mass is 295 g/mol. The van der Waals surface area contributed by atoms with Crippen LogP contribution in [-0.2, 0) is 9.59 Å². The molecule has 22 heavy (non-hydrogen) atoms. The third-order valence-electron chi connectivity index (χ3n) is 5.58. The van der Waals surface area contributed by atoms with Gasteiger partial charge in [0.15, 0.2) is 0 Å². The first-order chi connectivity index (χ1) is 10.6.